The minimum absolute atomic E-state index is 0.00766. The molecule has 6 nitrogen and oxygen atoms in total. The van der Waals surface area contributed by atoms with Gasteiger partial charge >= 0.3 is 5.97 Å². The first-order valence-corrected chi connectivity index (χ1v) is 7.26. The number of carbonyl (C=O) groups excluding carboxylic acids is 1. The Kier molecular flexibility index (Phi) is 3.31. The van der Waals surface area contributed by atoms with Crippen LogP contribution in [0.15, 0.2) is 6.07 Å². The molecular weight excluding hydrogens is 270 g/mol. The number of rotatable bonds is 2. The molecule has 1 saturated heterocycles. The van der Waals surface area contributed by atoms with Gasteiger partial charge in [-0.1, -0.05) is 13.8 Å². The third kappa shape index (κ3) is 2.46. The summed E-state index contributed by atoms with van der Waals surface area (Å²) in [7, 11) is 0. The molecule has 6 heteroatoms. The van der Waals surface area contributed by atoms with Crippen LogP contribution in [0.2, 0.25) is 0 Å². The average Bonchev–Trinajstić information content (AvgIpc) is 2.78. The fourth-order valence-electron chi connectivity index (χ4n) is 3.39. The Hall–Kier alpha value is -2.11. The van der Waals surface area contributed by atoms with E-state index in [1.54, 1.807) is 6.07 Å². The zero-order valence-corrected chi connectivity index (χ0v) is 12.2. The van der Waals surface area contributed by atoms with Gasteiger partial charge in [0.2, 0.25) is 0 Å². The number of hydrogen-bond acceptors (Lipinski definition) is 4. The Labute approximate surface area is 123 Å². The molecule has 2 aliphatic heterocycles. The van der Waals surface area contributed by atoms with Crippen molar-refractivity contribution in [1.82, 2.24) is 10.3 Å². The van der Waals surface area contributed by atoms with Crippen LogP contribution < -0.4 is 10.2 Å². The third-order valence-corrected chi connectivity index (χ3v) is 4.18. The number of fused-ring (bicyclic) bond motifs is 1. The van der Waals surface area contributed by atoms with E-state index >= 15 is 0 Å². The van der Waals surface area contributed by atoms with Gasteiger partial charge in [0, 0.05) is 25.2 Å². The number of anilines is 1. The predicted octanol–water partition coefficient (Wildman–Crippen LogP) is 1.51. The molecule has 0 saturated carbocycles. The molecule has 1 aromatic rings. The summed E-state index contributed by atoms with van der Waals surface area (Å²) in [5, 5.41) is 12.0. The quantitative estimate of drug-likeness (QED) is 0.862. The monoisotopic (exact) mass is 289 g/mol. The SMILES string of the molecule is CC1CC(C)CN(c2cc3c(c(C(=O)O)n2)CNC3=O)C1. The highest BCUT2D eigenvalue weighted by atomic mass is 16.4. The molecule has 0 aliphatic carbocycles. The summed E-state index contributed by atoms with van der Waals surface area (Å²) < 4.78 is 0. The van der Waals surface area contributed by atoms with Gasteiger partial charge in [-0.2, -0.15) is 0 Å². The predicted molar refractivity (Wildman–Crippen MR) is 77.5 cm³/mol. The van der Waals surface area contributed by atoms with E-state index in [0.29, 0.717) is 28.8 Å². The Morgan fingerprint density at radius 1 is 1.38 bits per heavy atom. The van der Waals surface area contributed by atoms with E-state index in [-0.39, 0.29) is 18.1 Å². The van der Waals surface area contributed by atoms with Crippen LogP contribution in [0.25, 0.3) is 0 Å². The largest absolute Gasteiger partial charge is 0.476 e. The Morgan fingerprint density at radius 3 is 2.67 bits per heavy atom. The summed E-state index contributed by atoms with van der Waals surface area (Å²) in [5.74, 6) is 0.371. The van der Waals surface area contributed by atoms with Gasteiger partial charge < -0.3 is 15.3 Å². The van der Waals surface area contributed by atoms with Crippen LogP contribution in [0.1, 0.15) is 46.7 Å². The van der Waals surface area contributed by atoms with Gasteiger partial charge in [0.1, 0.15) is 5.82 Å². The van der Waals surface area contributed by atoms with E-state index in [2.05, 4.69) is 29.0 Å². The van der Waals surface area contributed by atoms with Crippen molar-refractivity contribution in [3.8, 4) is 0 Å². The molecule has 2 N–H and O–H groups in total. The lowest BCUT2D eigenvalue weighted by molar-refractivity contribution is 0.0689. The summed E-state index contributed by atoms with van der Waals surface area (Å²) in [6.07, 6.45) is 1.16. The van der Waals surface area contributed by atoms with Crippen LogP contribution in [0.4, 0.5) is 5.82 Å². The van der Waals surface area contributed by atoms with Crippen molar-refractivity contribution in [3.63, 3.8) is 0 Å². The van der Waals surface area contributed by atoms with Crippen LogP contribution >= 0.6 is 0 Å². The van der Waals surface area contributed by atoms with Gasteiger partial charge in [0.25, 0.3) is 5.91 Å². The van der Waals surface area contributed by atoms with Gasteiger partial charge in [0.05, 0.1) is 5.56 Å². The van der Waals surface area contributed by atoms with Crippen LogP contribution in [-0.2, 0) is 6.54 Å². The number of carboxylic acids is 1. The highest BCUT2D eigenvalue weighted by Gasteiger charge is 2.30. The molecule has 2 atom stereocenters. The van der Waals surface area contributed by atoms with E-state index < -0.39 is 5.97 Å². The lowest BCUT2D eigenvalue weighted by atomic mass is 9.92. The highest BCUT2D eigenvalue weighted by Crippen LogP contribution is 2.29. The number of carbonyl (C=O) groups is 2. The molecule has 0 spiro atoms. The van der Waals surface area contributed by atoms with Gasteiger partial charge in [0.15, 0.2) is 5.69 Å². The van der Waals surface area contributed by atoms with E-state index in [4.69, 9.17) is 0 Å². The zero-order chi connectivity index (χ0) is 15.1. The van der Waals surface area contributed by atoms with Crippen molar-refractivity contribution in [2.75, 3.05) is 18.0 Å². The molecule has 2 unspecified atom stereocenters. The Morgan fingerprint density at radius 2 is 2.05 bits per heavy atom. The third-order valence-electron chi connectivity index (χ3n) is 4.18. The Balaban J connectivity index is 2.03. The number of aromatic carboxylic acids is 1. The summed E-state index contributed by atoms with van der Waals surface area (Å²) >= 11 is 0. The number of piperidine rings is 1. The molecular formula is C15H19N3O3. The van der Waals surface area contributed by atoms with Crippen molar-refractivity contribution in [2.24, 2.45) is 11.8 Å². The van der Waals surface area contributed by atoms with Gasteiger partial charge in [-0.3, -0.25) is 4.79 Å². The van der Waals surface area contributed by atoms with Crippen LogP contribution in [0.5, 0.6) is 0 Å². The second kappa shape index (κ2) is 5.02. The van der Waals surface area contributed by atoms with Crippen LogP contribution in [0.3, 0.4) is 0 Å². The first kappa shape index (κ1) is 13.9. The number of nitrogens with zero attached hydrogens (tertiary/aromatic N) is 2. The van der Waals surface area contributed by atoms with E-state index in [9.17, 15) is 14.7 Å². The maximum atomic E-state index is 11.9. The number of amides is 1. The Bertz CT molecular complexity index is 604. The second-order valence-electron chi connectivity index (χ2n) is 6.19. The first-order chi connectivity index (χ1) is 9.95. The number of hydrogen-bond donors (Lipinski definition) is 2. The summed E-state index contributed by atoms with van der Waals surface area (Å²) in [5.41, 5.74) is 0.935. The van der Waals surface area contributed by atoms with Gasteiger partial charge in [-0.15, -0.1) is 0 Å². The standard InChI is InChI=1S/C15H19N3O3/c1-8-3-9(2)7-18(6-8)12-4-10-11(5-16-14(10)19)13(17-12)15(20)21/h4,8-9H,3,5-7H2,1-2H3,(H,16,19)(H,20,21). The molecule has 3 heterocycles. The van der Waals surface area contributed by atoms with E-state index in [1.807, 2.05) is 0 Å². The first-order valence-electron chi connectivity index (χ1n) is 7.26. The van der Waals surface area contributed by atoms with Crippen molar-refractivity contribution in [2.45, 2.75) is 26.8 Å². The fourth-order valence-corrected chi connectivity index (χ4v) is 3.39. The molecule has 1 amide bonds. The summed E-state index contributed by atoms with van der Waals surface area (Å²) in [6.45, 7) is 6.30. The number of pyridine rings is 1. The summed E-state index contributed by atoms with van der Waals surface area (Å²) in [4.78, 5) is 29.7. The lowest BCUT2D eigenvalue weighted by Gasteiger charge is -2.36. The minimum atomic E-state index is -1.08. The maximum absolute atomic E-state index is 11.9. The summed E-state index contributed by atoms with van der Waals surface area (Å²) in [6, 6.07) is 1.73. The number of carboxylic acid groups (broad SMARTS) is 1. The molecule has 3 rings (SSSR count). The molecule has 1 fully saturated rings. The second-order valence-corrected chi connectivity index (χ2v) is 6.19. The molecule has 0 aromatic carbocycles. The van der Waals surface area contributed by atoms with Crippen LogP contribution in [0, 0.1) is 11.8 Å². The average molecular weight is 289 g/mol. The molecule has 21 heavy (non-hydrogen) atoms. The van der Waals surface area contributed by atoms with Crippen molar-refractivity contribution >= 4 is 17.7 Å². The van der Waals surface area contributed by atoms with Gasteiger partial charge in [-0.05, 0) is 24.3 Å². The number of nitrogens with one attached hydrogen (secondary N) is 1. The normalized spacial score (nSPS) is 24.7. The highest BCUT2D eigenvalue weighted by molar-refractivity contribution is 6.02. The lowest BCUT2D eigenvalue weighted by Crippen LogP contribution is -2.39. The number of aromatic nitrogens is 1. The van der Waals surface area contributed by atoms with Crippen molar-refractivity contribution in [3.05, 3.63) is 22.9 Å². The minimum Gasteiger partial charge on any atom is -0.476 e. The molecule has 0 radical (unpaired) electrons. The zero-order valence-electron chi connectivity index (χ0n) is 12.2. The van der Waals surface area contributed by atoms with E-state index in [0.717, 1.165) is 19.5 Å². The molecule has 2 aliphatic rings. The topological polar surface area (TPSA) is 82.5 Å². The van der Waals surface area contributed by atoms with Crippen molar-refractivity contribution in [1.29, 1.82) is 0 Å². The smallest absolute Gasteiger partial charge is 0.354 e. The van der Waals surface area contributed by atoms with E-state index in [1.165, 1.54) is 0 Å². The molecule has 0 bridgehead atoms. The van der Waals surface area contributed by atoms with Gasteiger partial charge in [-0.25, -0.2) is 9.78 Å². The van der Waals surface area contributed by atoms with Crippen LogP contribution in [-0.4, -0.2) is 35.1 Å². The maximum Gasteiger partial charge on any atom is 0.354 e. The fraction of sp³-hybridized carbons (Fsp3) is 0.533. The van der Waals surface area contributed by atoms with Crippen molar-refractivity contribution < 1.29 is 14.7 Å². The molecule has 112 valence electrons. The molecule has 1 aromatic heterocycles.